The van der Waals surface area contributed by atoms with Gasteiger partial charge in [0.25, 0.3) is 0 Å². The van der Waals surface area contributed by atoms with E-state index < -0.39 is 0 Å². The quantitative estimate of drug-likeness (QED) is 0.525. The van der Waals surface area contributed by atoms with E-state index >= 15 is 0 Å². The summed E-state index contributed by atoms with van der Waals surface area (Å²) in [6, 6.07) is 22.1. The fraction of sp³-hybridized carbons (Fsp3) is 0.174. The Morgan fingerprint density at radius 2 is 1.72 bits per heavy atom. The maximum absolute atomic E-state index is 6.39. The first kappa shape index (κ1) is 19.6. The van der Waals surface area contributed by atoms with Gasteiger partial charge in [-0.05, 0) is 60.1 Å². The summed E-state index contributed by atoms with van der Waals surface area (Å²) >= 11 is 12.1. The van der Waals surface area contributed by atoms with Gasteiger partial charge >= 0.3 is 0 Å². The lowest BCUT2D eigenvalue weighted by Crippen LogP contribution is -2.33. The zero-order valence-electron chi connectivity index (χ0n) is 16.0. The maximum Gasteiger partial charge on any atom is 0.231 e. The Morgan fingerprint density at radius 3 is 2.52 bits per heavy atom. The molecule has 0 aromatic heterocycles. The molecule has 0 amide bonds. The fourth-order valence-corrected chi connectivity index (χ4v) is 3.70. The Hall–Kier alpha value is -2.76. The smallest absolute Gasteiger partial charge is 0.231 e. The number of fused-ring (bicyclic) bond motifs is 1. The molecule has 0 spiro atoms. The minimum absolute atomic E-state index is 0.262. The molecule has 1 aliphatic heterocycles. The number of aryl methyl sites for hydroxylation is 1. The molecule has 0 fully saturated rings. The summed E-state index contributed by atoms with van der Waals surface area (Å²) in [5.41, 5.74) is 4.16. The van der Waals surface area contributed by atoms with Crippen LogP contribution in [0.2, 0.25) is 5.02 Å². The zero-order valence-corrected chi connectivity index (χ0v) is 17.6. The number of rotatable bonds is 5. The second-order valence-corrected chi connectivity index (χ2v) is 7.74. The lowest BCUT2D eigenvalue weighted by molar-refractivity contribution is 0.174. The van der Waals surface area contributed by atoms with E-state index in [1.54, 1.807) is 0 Å². The number of benzene rings is 3. The van der Waals surface area contributed by atoms with Crippen LogP contribution in [-0.4, -0.2) is 16.8 Å². The van der Waals surface area contributed by atoms with Crippen molar-refractivity contribution in [3.63, 3.8) is 0 Å². The van der Waals surface area contributed by atoms with Gasteiger partial charge < -0.3 is 19.7 Å². The van der Waals surface area contributed by atoms with Crippen LogP contribution in [-0.2, 0) is 13.1 Å². The molecule has 0 saturated carbocycles. The molecule has 0 saturated heterocycles. The Balaban J connectivity index is 1.56. The van der Waals surface area contributed by atoms with E-state index in [-0.39, 0.29) is 6.79 Å². The highest BCUT2D eigenvalue weighted by molar-refractivity contribution is 7.80. The summed E-state index contributed by atoms with van der Waals surface area (Å²) in [5, 5.41) is 4.56. The van der Waals surface area contributed by atoms with E-state index in [1.807, 2.05) is 61.5 Å². The lowest BCUT2D eigenvalue weighted by atomic mass is 10.1. The molecular formula is C23H21ClN2O2S. The van der Waals surface area contributed by atoms with Crippen molar-refractivity contribution in [1.82, 2.24) is 4.90 Å². The van der Waals surface area contributed by atoms with Gasteiger partial charge in [-0.3, -0.25) is 0 Å². The van der Waals surface area contributed by atoms with Crippen LogP contribution in [0.3, 0.4) is 0 Å². The topological polar surface area (TPSA) is 33.7 Å². The molecule has 1 aliphatic rings. The lowest BCUT2D eigenvalue weighted by Gasteiger charge is -2.26. The van der Waals surface area contributed by atoms with Crippen LogP contribution in [0, 0.1) is 6.92 Å². The normalized spacial score (nSPS) is 11.9. The van der Waals surface area contributed by atoms with E-state index in [9.17, 15) is 0 Å². The summed E-state index contributed by atoms with van der Waals surface area (Å²) in [7, 11) is 0. The van der Waals surface area contributed by atoms with Crippen molar-refractivity contribution in [3.8, 4) is 11.5 Å². The Morgan fingerprint density at radius 1 is 0.966 bits per heavy atom. The van der Waals surface area contributed by atoms with Crippen LogP contribution >= 0.6 is 23.8 Å². The van der Waals surface area contributed by atoms with Gasteiger partial charge in [-0.15, -0.1) is 0 Å². The van der Waals surface area contributed by atoms with Crippen LogP contribution in [0.4, 0.5) is 5.69 Å². The van der Waals surface area contributed by atoms with Gasteiger partial charge in [0.1, 0.15) is 0 Å². The molecule has 1 N–H and O–H groups in total. The van der Waals surface area contributed by atoms with Crippen molar-refractivity contribution in [2.24, 2.45) is 0 Å². The number of nitrogens with one attached hydrogen (secondary N) is 1. The van der Waals surface area contributed by atoms with Gasteiger partial charge in [-0.25, -0.2) is 0 Å². The fourth-order valence-electron chi connectivity index (χ4n) is 3.18. The summed E-state index contributed by atoms with van der Waals surface area (Å²) in [5.74, 6) is 1.54. The van der Waals surface area contributed by atoms with Gasteiger partial charge in [-0.2, -0.15) is 0 Å². The minimum Gasteiger partial charge on any atom is -0.454 e. The molecule has 0 atom stereocenters. The Bertz CT molecular complexity index is 1030. The summed E-state index contributed by atoms with van der Waals surface area (Å²) in [6.07, 6.45) is 0. The van der Waals surface area contributed by atoms with Gasteiger partial charge in [0.05, 0.1) is 10.7 Å². The average molecular weight is 425 g/mol. The number of halogens is 1. The van der Waals surface area contributed by atoms with Crippen LogP contribution < -0.4 is 14.8 Å². The van der Waals surface area contributed by atoms with Crippen molar-refractivity contribution >= 4 is 34.6 Å². The molecule has 148 valence electrons. The monoisotopic (exact) mass is 424 g/mol. The number of hydrogen-bond donors (Lipinski definition) is 1. The standard InChI is InChI=1S/C23H21ClN2O2S/c1-16-7-9-20(19(24)11-16)25-23(29)26(13-17-5-3-2-4-6-17)14-18-8-10-21-22(12-18)28-15-27-21/h2-12H,13-15H2,1H3,(H,25,29). The predicted molar refractivity (Wildman–Crippen MR) is 121 cm³/mol. The third kappa shape index (κ3) is 4.81. The SMILES string of the molecule is Cc1ccc(NC(=S)N(Cc2ccccc2)Cc2ccc3c(c2)OCO3)c(Cl)c1. The maximum atomic E-state index is 6.39. The number of nitrogens with zero attached hydrogens (tertiary/aromatic N) is 1. The third-order valence-corrected chi connectivity index (χ3v) is 5.35. The first-order valence-electron chi connectivity index (χ1n) is 9.33. The van der Waals surface area contributed by atoms with Gasteiger partial charge in [0, 0.05) is 13.1 Å². The molecule has 29 heavy (non-hydrogen) atoms. The van der Waals surface area contributed by atoms with Crippen molar-refractivity contribution in [3.05, 3.63) is 88.4 Å². The van der Waals surface area contributed by atoms with E-state index in [1.165, 1.54) is 5.56 Å². The van der Waals surface area contributed by atoms with Crippen molar-refractivity contribution in [2.75, 3.05) is 12.1 Å². The first-order valence-corrected chi connectivity index (χ1v) is 10.1. The number of ether oxygens (including phenoxy) is 2. The predicted octanol–water partition coefficient (Wildman–Crippen LogP) is 5.78. The highest BCUT2D eigenvalue weighted by Crippen LogP contribution is 2.33. The molecule has 0 bridgehead atoms. The molecule has 4 nitrogen and oxygen atoms in total. The van der Waals surface area contributed by atoms with Crippen LogP contribution in [0.25, 0.3) is 0 Å². The van der Waals surface area contributed by atoms with Crippen LogP contribution in [0.15, 0.2) is 66.7 Å². The highest BCUT2D eigenvalue weighted by Gasteiger charge is 2.17. The van der Waals surface area contributed by atoms with E-state index in [2.05, 4.69) is 22.3 Å². The Kier molecular flexibility index (Phi) is 5.88. The number of thiocarbonyl (C=S) groups is 1. The first-order chi connectivity index (χ1) is 14.1. The molecule has 1 heterocycles. The van der Waals surface area contributed by atoms with E-state index in [4.69, 9.17) is 33.3 Å². The molecule has 3 aromatic rings. The zero-order chi connectivity index (χ0) is 20.2. The summed E-state index contributed by atoms with van der Waals surface area (Å²) in [4.78, 5) is 2.11. The third-order valence-electron chi connectivity index (χ3n) is 4.68. The van der Waals surface area contributed by atoms with Crippen molar-refractivity contribution in [2.45, 2.75) is 20.0 Å². The van der Waals surface area contributed by atoms with Gasteiger partial charge in [-0.1, -0.05) is 54.1 Å². The van der Waals surface area contributed by atoms with Gasteiger partial charge in [0.2, 0.25) is 6.79 Å². The largest absolute Gasteiger partial charge is 0.454 e. The summed E-state index contributed by atoms with van der Waals surface area (Å²) < 4.78 is 10.9. The van der Waals surface area contributed by atoms with Crippen molar-refractivity contribution < 1.29 is 9.47 Å². The Labute approximate surface area is 181 Å². The average Bonchev–Trinajstić information content (AvgIpc) is 3.18. The number of anilines is 1. The molecule has 0 unspecified atom stereocenters. The molecule has 3 aromatic carbocycles. The molecule has 0 radical (unpaired) electrons. The minimum atomic E-state index is 0.262. The molecular weight excluding hydrogens is 404 g/mol. The van der Waals surface area contributed by atoms with E-state index in [0.29, 0.717) is 23.2 Å². The molecule has 4 rings (SSSR count). The summed E-state index contributed by atoms with van der Waals surface area (Å²) in [6.45, 7) is 3.57. The second kappa shape index (κ2) is 8.72. The van der Waals surface area contributed by atoms with E-state index in [0.717, 1.165) is 28.3 Å². The van der Waals surface area contributed by atoms with Crippen molar-refractivity contribution in [1.29, 1.82) is 0 Å². The van der Waals surface area contributed by atoms with Crippen LogP contribution in [0.5, 0.6) is 11.5 Å². The van der Waals surface area contributed by atoms with Gasteiger partial charge in [0.15, 0.2) is 16.6 Å². The van der Waals surface area contributed by atoms with Crippen LogP contribution in [0.1, 0.15) is 16.7 Å². The highest BCUT2D eigenvalue weighted by atomic mass is 35.5. The number of hydrogen-bond acceptors (Lipinski definition) is 3. The second-order valence-electron chi connectivity index (χ2n) is 6.94. The molecule has 0 aliphatic carbocycles. The molecule has 6 heteroatoms.